The molecule has 0 saturated carbocycles. The summed E-state index contributed by atoms with van der Waals surface area (Å²) in [6.45, 7) is 0. The minimum Gasteiger partial charge on any atom is -0.497 e. The van der Waals surface area contributed by atoms with Gasteiger partial charge in [-0.05, 0) is 29.8 Å². The van der Waals surface area contributed by atoms with E-state index in [1.54, 1.807) is 25.5 Å². The molecule has 0 aliphatic carbocycles. The van der Waals surface area contributed by atoms with E-state index >= 15 is 0 Å². The van der Waals surface area contributed by atoms with E-state index in [0.717, 1.165) is 11.3 Å². The van der Waals surface area contributed by atoms with Crippen LogP contribution in [0.4, 0.5) is 0 Å². The van der Waals surface area contributed by atoms with E-state index in [1.807, 2.05) is 24.3 Å². The van der Waals surface area contributed by atoms with Gasteiger partial charge in [0.15, 0.2) is 11.6 Å². The van der Waals surface area contributed by atoms with Crippen molar-refractivity contribution >= 4 is 0 Å². The van der Waals surface area contributed by atoms with Crippen LogP contribution >= 0.6 is 0 Å². The quantitative estimate of drug-likeness (QED) is 0.718. The molecule has 3 rings (SSSR count). The van der Waals surface area contributed by atoms with Crippen LogP contribution in [-0.4, -0.2) is 17.3 Å². The van der Waals surface area contributed by atoms with Crippen molar-refractivity contribution in [1.29, 1.82) is 0 Å². The summed E-state index contributed by atoms with van der Waals surface area (Å²) >= 11 is 0. The van der Waals surface area contributed by atoms with Gasteiger partial charge < -0.3 is 13.7 Å². The van der Waals surface area contributed by atoms with Gasteiger partial charge in [0, 0.05) is 6.42 Å². The molecular formula is C14H12N2O3. The number of rotatable bonds is 4. The van der Waals surface area contributed by atoms with Gasteiger partial charge in [0.2, 0.25) is 0 Å². The lowest BCUT2D eigenvalue weighted by Gasteiger charge is -2.00. The van der Waals surface area contributed by atoms with Gasteiger partial charge in [0.25, 0.3) is 5.89 Å². The summed E-state index contributed by atoms with van der Waals surface area (Å²) in [6.07, 6.45) is 2.18. The maximum absolute atomic E-state index is 5.20. The zero-order valence-electron chi connectivity index (χ0n) is 10.4. The number of hydrogen-bond donors (Lipinski definition) is 0. The summed E-state index contributed by atoms with van der Waals surface area (Å²) in [6, 6.07) is 11.3. The van der Waals surface area contributed by atoms with Crippen molar-refractivity contribution in [2.45, 2.75) is 6.42 Å². The molecule has 0 radical (unpaired) electrons. The molecule has 0 aliphatic heterocycles. The molecule has 0 unspecified atom stereocenters. The molecule has 2 heterocycles. The Balaban J connectivity index is 1.76. The van der Waals surface area contributed by atoms with Gasteiger partial charge in [-0.15, -0.1) is 0 Å². The molecule has 1 aromatic carbocycles. The predicted octanol–water partition coefficient (Wildman–Crippen LogP) is 2.93. The Morgan fingerprint density at radius 3 is 2.68 bits per heavy atom. The Kier molecular flexibility index (Phi) is 3.02. The first-order valence-corrected chi connectivity index (χ1v) is 5.84. The van der Waals surface area contributed by atoms with Crippen LogP contribution in [0.3, 0.4) is 0 Å². The van der Waals surface area contributed by atoms with E-state index in [0.29, 0.717) is 23.9 Å². The van der Waals surface area contributed by atoms with Crippen LogP contribution in [-0.2, 0) is 6.42 Å². The Bertz CT molecular complexity index is 642. The highest BCUT2D eigenvalue weighted by molar-refractivity contribution is 5.43. The molecule has 96 valence electrons. The van der Waals surface area contributed by atoms with Crippen LogP contribution < -0.4 is 4.74 Å². The number of nitrogens with zero attached hydrogens (tertiary/aromatic N) is 2. The molecule has 0 amide bonds. The number of methoxy groups -OCH3 is 1. The van der Waals surface area contributed by atoms with E-state index in [9.17, 15) is 0 Å². The minimum absolute atomic E-state index is 0.397. The Morgan fingerprint density at radius 1 is 1.16 bits per heavy atom. The molecule has 3 aromatic rings. The Labute approximate surface area is 109 Å². The summed E-state index contributed by atoms with van der Waals surface area (Å²) in [4.78, 5) is 4.29. The van der Waals surface area contributed by atoms with Gasteiger partial charge in [0.05, 0.1) is 13.4 Å². The SMILES string of the molecule is COc1ccc(Cc2noc(-c3ccco3)n2)cc1. The van der Waals surface area contributed by atoms with E-state index in [4.69, 9.17) is 13.7 Å². The monoisotopic (exact) mass is 256 g/mol. The van der Waals surface area contributed by atoms with E-state index < -0.39 is 0 Å². The topological polar surface area (TPSA) is 61.3 Å². The number of aromatic nitrogens is 2. The third-order valence-corrected chi connectivity index (χ3v) is 2.72. The summed E-state index contributed by atoms with van der Waals surface area (Å²) in [5, 5.41) is 3.93. The van der Waals surface area contributed by atoms with Gasteiger partial charge in [-0.3, -0.25) is 0 Å². The standard InChI is InChI=1S/C14H12N2O3/c1-17-11-6-4-10(5-7-11)9-13-15-14(19-16-13)12-3-2-8-18-12/h2-8H,9H2,1H3. The van der Waals surface area contributed by atoms with Gasteiger partial charge in [-0.25, -0.2) is 0 Å². The first-order chi connectivity index (χ1) is 9.35. The number of furan rings is 1. The largest absolute Gasteiger partial charge is 0.497 e. The van der Waals surface area contributed by atoms with Crippen LogP contribution in [0.1, 0.15) is 11.4 Å². The molecule has 19 heavy (non-hydrogen) atoms. The lowest BCUT2D eigenvalue weighted by molar-refractivity contribution is 0.410. The number of benzene rings is 1. The second-order valence-corrected chi connectivity index (χ2v) is 4.02. The maximum atomic E-state index is 5.20. The second-order valence-electron chi connectivity index (χ2n) is 4.02. The van der Waals surface area contributed by atoms with E-state index in [-0.39, 0.29) is 0 Å². The summed E-state index contributed by atoms with van der Waals surface area (Å²) in [5.74, 6) is 2.42. The number of hydrogen-bond acceptors (Lipinski definition) is 5. The van der Waals surface area contributed by atoms with Crippen molar-refractivity contribution in [2.75, 3.05) is 7.11 Å². The molecular weight excluding hydrogens is 244 g/mol. The lowest BCUT2D eigenvalue weighted by Crippen LogP contribution is -1.91. The molecule has 5 nitrogen and oxygen atoms in total. The van der Waals surface area contributed by atoms with Crippen molar-refractivity contribution in [3.8, 4) is 17.4 Å². The van der Waals surface area contributed by atoms with Crippen LogP contribution in [0.15, 0.2) is 51.6 Å². The van der Waals surface area contributed by atoms with Crippen molar-refractivity contribution < 1.29 is 13.7 Å². The van der Waals surface area contributed by atoms with Gasteiger partial charge in [-0.1, -0.05) is 17.3 Å². The lowest BCUT2D eigenvalue weighted by atomic mass is 10.1. The summed E-state index contributed by atoms with van der Waals surface area (Å²) in [7, 11) is 1.64. The van der Waals surface area contributed by atoms with Gasteiger partial charge in [0.1, 0.15) is 5.75 Å². The first-order valence-electron chi connectivity index (χ1n) is 5.84. The molecule has 0 spiro atoms. The van der Waals surface area contributed by atoms with Crippen molar-refractivity contribution in [3.63, 3.8) is 0 Å². The summed E-state index contributed by atoms with van der Waals surface area (Å²) < 4.78 is 15.5. The molecule has 0 fully saturated rings. The van der Waals surface area contributed by atoms with Crippen molar-refractivity contribution in [1.82, 2.24) is 10.1 Å². The zero-order chi connectivity index (χ0) is 13.1. The highest BCUT2D eigenvalue weighted by Crippen LogP contribution is 2.19. The van der Waals surface area contributed by atoms with Crippen molar-refractivity contribution in [2.24, 2.45) is 0 Å². The molecule has 2 aromatic heterocycles. The molecule has 0 saturated heterocycles. The average molecular weight is 256 g/mol. The molecule has 0 atom stereocenters. The zero-order valence-corrected chi connectivity index (χ0v) is 10.4. The van der Waals surface area contributed by atoms with E-state index in [2.05, 4.69) is 10.1 Å². The van der Waals surface area contributed by atoms with Crippen LogP contribution in [0.5, 0.6) is 5.75 Å². The fourth-order valence-corrected chi connectivity index (χ4v) is 1.75. The maximum Gasteiger partial charge on any atom is 0.293 e. The summed E-state index contributed by atoms with van der Waals surface area (Å²) in [5.41, 5.74) is 1.09. The second kappa shape index (κ2) is 4.97. The highest BCUT2D eigenvalue weighted by Gasteiger charge is 2.11. The highest BCUT2D eigenvalue weighted by atomic mass is 16.5. The van der Waals surface area contributed by atoms with Crippen molar-refractivity contribution in [3.05, 3.63) is 54.0 Å². The third-order valence-electron chi connectivity index (χ3n) is 2.72. The van der Waals surface area contributed by atoms with E-state index in [1.165, 1.54) is 0 Å². The molecule has 0 bridgehead atoms. The van der Waals surface area contributed by atoms with Crippen LogP contribution in [0.25, 0.3) is 11.7 Å². The van der Waals surface area contributed by atoms with Gasteiger partial charge >= 0.3 is 0 Å². The molecule has 0 N–H and O–H groups in total. The Morgan fingerprint density at radius 2 is 2.00 bits per heavy atom. The molecule has 0 aliphatic rings. The average Bonchev–Trinajstić information content (AvgIpc) is 3.10. The minimum atomic E-state index is 0.397. The smallest absolute Gasteiger partial charge is 0.293 e. The fourth-order valence-electron chi connectivity index (χ4n) is 1.75. The van der Waals surface area contributed by atoms with Crippen LogP contribution in [0.2, 0.25) is 0 Å². The van der Waals surface area contributed by atoms with Gasteiger partial charge in [-0.2, -0.15) is 4.98 Å². The van der Waals surface area contributed by atoms with Crippen LogP contribution in [0, 0.1) is 0 Å². The third kappa shape index (κ3) is 2.49. The molecule has 5 heteroatoms. The number of ether oxygens (including phenoxy) is 1. The normalized spacial score (nSPS) is 10.6. The Hall–Kier alpha value is -2.56. The first kappa shape index (κ1) is 11.5. The fraction of sp³-hybridized carbons (Fsp3) is 0.143. The predicted molar refractivity (Wildman–Crippen MR) is 67.8 cm³/mol.